The van der Waals surface area contributed by atoms with Crippen LogP contribution in [0.4, 0.5) is 0 Å². The van der Waals surface area contributed by atoms with Gasteiger partial charge in [0.15, 0.2) is 6.42 Å². The minimum atomic E-state index is -3.16. The van der Waals surface area contributed by atoms with E-state index in [4.69, 9.17) is 16.8 Å². The van der Waals surface area contributed by atoms with E-state index in [9.17, 15) is 25.0 Å². The molecule has 0 saturated heterocycles. The maximum Gasteiger partial charge on any atom is 0.542 e. The van der Waals surface area contributed by atoms with Gasteiger partial charge in [0.2, 0.25) is 5.78 Å². The predicted molar refractivity (Wildman–Crippen MR) is 67.2 cm³/mol. The Hall–Kier alpha value is -2.55. The molecular formula is C10H8ClN3O6. The van der Waals surface area contributed by atoms with Crippen LogP contribution < -0.4 is 0 Å². The number of ketones is 1. The SMILES string of the molecule is O=C(C(CC(Cl)([N+](=O)[O-])[N+](=O)[O-])=NO)c1ccccc1. The van der Waals surface area contributed by atoms with Gasteiger partial charge in [0.1, 0.15) is 15.6 Å². The lowest BCUT2D eigenvalue weighted by Gasteiger charge is -2.10. The van der Waals surface area contributed by atoms with E-state index in [1.165, 1.54) is 24.3 Å². The molecule has 1 aromatic carbocycles. The molecule has 0 unspecified atom stereocenters. The molecule has 20 heavy (non-hydrogen) atoms. The number of rotatable bonds is 6. The van der Waals surface area contributed by atoms with Gasteiger partial charge in [-0.2, -0.15) is 0 Å². The van der Waals surface area contributed by atoms with Gasteiger partial charge >= 0.3 is 5.12 Å². The lowest BCUT2D eigenvalue weighted by atomic mass is 10.0. The number of oxime groups is 1. The zero-order valence-electron chi connectivity index (χ0n) is 9.80. The summed E-state index contributed by atoms with van der Waals surface area (Å²) < 4.78 is 0. The maximum absolute atomic E-state index is 11.9. The van der Waals surface area contributed by atoms with Gasteiger partial charge in [-0.3, -0.25) is 25.0 Å². The van der Waals surface area contributed by atoms with Gasteiger partial charge in [0, 0.05) is 17.2 Å². The molecule has 9 nitrogen and oxygen atoms in total. The second-order valence-corrected chi connectivity index (χ2v) is 4.26. The molecule has 0 radical (unpaired) electrons. The minimum absolute atomic E-state index is 0.0611. The molecule has 1 N–H and O–H groups in total. The molecule has 0 fully saturated rings. The lowest BCUT2D eigenvalue weighted by molar-refractivity contribution is -0.764. The summed E-state index contributed by atoms with van der Waals surface area (Å²) in [7, 11) is 0. The van der Waals surface area contributed by atoms with E-state index in [-0.39, 0.29) is 5.56 Å². The highest BCUT2D eigenvalue weighted by molar-refractivity contribution is 6.46. The third kappa shape index (κ3) is 3.06. The Morgan fingerprint density at radius 3 is 2.15 bits per heavy atom. The van der Waals surface area contributed by atoms with Crippen molar-refractivity contribution in [3.05, 3.63) is 56.1 Å². The summed E-state index contributed by atoms with van der Waals surface area (Å²) in [4.78, 5) is 30.5. The maximum atomic E-state index is 11.9. The number of carbonyl (C=O) groups excluding carboxylic acids is 1. The number of alkyl halides is 1. The van der Waals surface area contributed by atoms with Gasteiger partial charge in [-0.25, -0.2) is 0 Å². The molecule has 0 aliphatic rings. The van der Waals surface area contributed by atoms with Crippen molar-refractivity contribution in [1.29, 1.82) is 0 Å². The lowest BCUT2D eigenvalue weighted by Crippen LogP contribution is -2.43. The van der Waals surface area contributed by atoms with E-state index in [0.29, 0.717) is 0 Å². The van der Waals surface area contributed by atoms with Gasteiger partial charge in [0.05, 0.1) is 0 Å². The molecule has 0 spiro atoms. The number of carbonyl (C=O) groups is 1. The van der Waals surface area contributed by atoms with Crippen LogP contribution in [0.15, 0.2) is 35.5 Å². The van der Waals surface area contributed by atoms with Gasteiger partial charge in [0.25, 0.3) is 0 Å². The van der Waals surface area contributed by atoms with Gasteiger partial charge < -0.3 is 5.21 Å². The first-order valence-corrected chi connectivity index (χ1v) is 5.49. The minimum Gasteiger partial charge on any atom is -0.411 e. The van der Waals surface area contributed by atoms with Crippen LogP contribution in [0.2, 0.25) is 0 Å². The smallest absolute Gasteiger partial charge is 0.411 e. The molecule has 106 valence electrons. The number of hydrogen-bond acceptors (Lipinski definition) is 7. The third-order valence-corrected chi connectivity index (χ3v) is 2.78. The Bertz CT molecular complexity index is 560. The van der Waals surface area contributed by atoms with Crippen LogP contribution in [0.1, 0.15) is 16.8 Å². The Morgan fingerprint density at radius 1 is 1.25 bits per heavy atom. The summed E-state index contributed by atoms with van der Waals surface area (Å²) in [5.41, 5.74) is -0.717. The summed E-state index contributed by atoms with van der Waals surface area (Å²) in [6.07, 6.45) is -1.15. The highest BCUT2D eigenvalue weighted by Crippen LogP contribution is 2.23. The zero-order valence-corrected chi connectivity index (χ0v) is 10.6. The molecule has 0 aliphatic heterocycles. The summed E-state index contributed by atoms with van der Waals surface area (Å²) in [5.74, 6) is -0.887. The molecule has 0 heterocycles. The Kier molecular flexibility index (Phi) is 4.70. The average molecular weight is 302 g/mol. The normalized spacial score (nSPS) is 11.9. The fourth-order valence-electron chi connectivity index (χ4n) is 1.33. The molecule has 0 bridgehead atoms. The molecule has 0 amide bonds. The van der Waals surface area contributed by atoms with E-state index in [1.807, 2.05) is 0 Å². The average Bonchev–Trinajstić information content (AvgIpc) is 2.44. The van der Waals surface area contributed by atoms with Crippen LogP contribution in [0, 0.1) is 20.2 Å². The van der Waals surface area contributed by atoms with E-state index in [0.717, 1.165) is 0 Å². The van der Waals surface area contributed by atoms with Crippen molar-refractivity contribution in [1.82, 2.24) is 0 Å². The van der Waals surface area contributed by atoms with E-state index in [2.05, 4.69) is 5.16 Å². The zero-order chi connectivity index (χ0) is 15.3. The summed E-state index contributed by atoms with van der Waals surface area (Å²) in [5, 5.41) is 29.5. The van der Waals surface area contributed by atoms with Crippen molar-refractivity contribution in [3.8, 4) is 0 Å². The van der Waals surface area contributed by atoms with Crippen LogP contribution in [-0.2, 0) is 0 Å². The summed E-state index contributed by atoms with van der Waals surface area (Å²) in [6.45, 7) is 0. The number of Topliss-reactive ketones (excluding diaryl/α,β-unsaturated/α-hetero) is 1. The highest BCUT2D eigenvalue weighted by atomic mass is 35.5. The van der Waals surface area contributed by atoms with Crippen molar-refractivity contribution in [2.75, 3.05) is 0 Å². The van der Waals surface area contributed by atoms with Crippen molar-refractivity contribution in [3.63, 3.8) is 0 Å². The number of nitrogens with zero attached hydrogens (tertiary/aromatic N) is 3. The Labute approximate surface area is 116 Å². The Balaban J connectivity index is 3.08. The van der Waals surface area contributed by atoms with Crippen molar-refractivity contribution in [2.24, 2.45) is 5.16 Å². The van der Waals surface area contributed by atoms with Crippen molar-refractivity contribution in [2.45, 2.75) is 11.5 Å². The molecule has 0 saturated carbocycles. The molecule has 0 aromatic heterocycles. The van der Waals surface area contributed by atoms with Crippen LogP contribution in [0.3, 0.4) is 0 Å². The number of benzene rings is 1. The van der Waals surface area contributed by atoms with Crippen LogP contribution in [0.25, 0.3) is 0 Å². The summed E-state index contributed by atoms with van der Waals surface area (Å²) >= 11 is 5.27. The van der Waals surface area contributed by atoms with E-state index < -0.39 is 32.9 Å². The molecular weight excluding hydrogens is 294 g/mol. The molecule has 10 heteroatoms. The predicted octanol–water partition coefficient (Wildman–Crippen LogP) is 1.54. The Morgan fingerprint density at radius 2 is 1.75 bits per heavy atom. The van der Waals surface area contributed by atoms with Gasteiger partial charge in [-0.1, -0.05) is 35.5 Å². The first-order chi connectivity index (χ1) is 9.32. The van der Waals surface area contributed by atoms with Gasteiger partial charge in [-0.15, -0.1) is 0 Å². The van der Waals surface area contributed by atoms with Crippen molar-refractivity contribution < 1.29 is 19.8 Å². The monoisotopic (exact) mass is 301 g/mol. The second kappa shape index (κ2) is 6.06. The number of hydrogen-bond donors (Lipinski definition) is 1. The quantitative estimate of drug-likeness (QED) is 0.124. The molecule has 1 aromatic rings. The third-order valence-electron chi connectivity index (χ3n) is 2.37. The standard InChI is InChI=1S/C10H8ClN3O6/c11-10(13(17)18,14(19)20)6-8(12-16)9(15)7-4-2-1-3-5-7/h1-5,16H,6H2. The number of halogens is 1. The first kappa shape index (κ1) is 15.5. The fraction of sp³-hybridized carbons (Fsp3) is 0.200. The van der Waals surface area contributed by atoms with Crippen molar-refractivity contribution >= 4 is 23.1 Å². The van der Waals surface area contributed by atoms with E-state index in [1.54, 1.807) is 6.07 Å². The van der Waals surface area contributed by atoms with Crippen LogP contribution in [0.5, 0.6) is 0 Å². The van der Waals surface area contributed by atoms with Crippen LogP contribution >= 0.6 is 11.6 Å². The topological polar surface area (TPSA) is 136 Å². The largest absolute Gasteiger partial charge is 0.542 e. The molecule has 0 atom stereocenters. The van der Waals surface area contributed by atoms with E-state index >= 15 is 0 Å². The highest BCUT2D eigenvalue weighted by Gasteiger charge is 2.56. The fourth-order valence-corrected chi connectivity index (χ4v) is 1.45. The second-order valence-electron chi connectivity index (χ2n) is 3.65. The number of nitro groups is 2. The first-order valence-electron chi connectivity index (χ1n) is 5.11. The van der Waals surface area contributed by atoms with Gasteiger partial charge in [-0.05, 0) is 0 Å². The summed E-state index contributed by atoms with van der Waals surface area (Å²) in [6, 6.07) is 7.37. The van der Waals surface area contributed by atoms with Crippen LogP contribution in [-0.4, -0.2) is 31.7 Å². The molecule has 1 rings (SSSR count). The molecule has 0 aliphatic carbocycles.